The van der Waals surface area contributed by atoms with Crippen LogP contribution in [0.2, 0.25) is 0 Å². The van der Waals surface area contributed by atoms with Gasteiger partial charge in [0.1, 0.15) is 5.75 Å². The molecule has 2 aromatic heterocycles. The summed E-state index contributed by atoms with van der Waals surface area (Å²) in [5, 5.41) is 9.89. The van der Waals surface area contributed by atoms with Crippen LogP contribution in [0.4, 0.5) is 13.2 Å². The number of hydrogen-bond donors (Lipinski definition) is 2. The first-order chi connectivity index (χ1) is 15.7. The number of carboxylic acid groups (broad SMARTS) is 1. The molecule has 0 atom stereocenters. The number of benzene rings is 2. The number of aryl methyl sites for hydroxylation is 1. The molecule has 0 radical (unpaired) electrons. The predicted molar refractivity (Wildman–Crippen MR) is 118 cm³/mol. The van der Waals surface area contributed by atoms with E-state index in [2.05, 4.69) is 9.97 Å². The molecular weight excluding hydrogens is 433 g/mol. The summed E-state index contributed by atoms with van der Waals surface area (Å²) < 4.78 is 44.3. The minimum Gasteiger partial charge on any atom is -0.493 e. The van der Waals surface area contributed by atoms with Crippen LogP contribution in [0.5, 0.6) is 5.75 Å². The zero-order chi connectivity index (χ0) is 23.6. The third kappa shape index (κ3) is 5.00. The second kappa shape index (κ2) is 8.97. The van der Waals surface area contributed by atoms with Gasteiger partial charge in [-0.1, -0.05) is 24.3 Å². The summed E-state index contributed by atoms with van der Waals surface area (Å²) in [6.07, 6.45) is -2.22. The van der Waals surface area contributed by atoms with E-state index >= 15 is 0 Å². The zero-order valence-corrected chi connectivity index (χ0v) is 17.7. The smallest absolute Gasteiger partial charge is 0.416 e. The maximum Gasteiger partial charge on any atom is 0.416 e. The molecule has 0 spiro atoms. The summed E-state index contributed by atoms with van der Waals surface area (Å²) in [4.78, 5) is 18.7. The fraction of sp³-hybridized carbons (Fsp3) is 0.200. The van der Waals surface area contributed by atoms with Gasteiger partial charge in [0.2, 0.25) is 0 Å². The lowest BCUT2D eigenvalue weighted by atomic mass is 10.1. The van der Waals surface area contributed by atoms with Gasteiger partial charge in [0.25, 0.3) is 0 Å². The Bertz CT molecular complexity index is 1290. The Balaban J connectivity index is 1.46. The quantitative estimate of drug-likeness (QED) is 0.370. The molecule has 2 heterocycles. The number of aromatic nitrogens is 2. The molecule has 0 saturated carbocycles. The molecule has 2 N–H and O–H groups in total. The maximum absolute atomic E-state index is 12.8. The molecule has 0 saturated heterocycles. The van der Waals surface area contributed by atoms with Gasteiger partial charge in [-0.15, -0.1) is 0 Å². The largest absolute Gasteiger partial charge is 0.493 e. The predicted octanol–water partition coefficient (Wildman–Crippen LogP) is 5.81. The summed E-state index contributed by atoms with van der Waals surface area (Å²) in [7, 11) is 0. The summed E-state index contributed by atoms with van der Waals surface area (Å²) in [6.45, 7) is 2.21. The summed E-state index contributed by atoms with van der Waals surface area (Å²) >= 11 is 0. The normalized spacial score (nSPS) is 11.6. The lowest BCUT2D eigenvalue weighted by Crippen LogP contribution is -2.05. The van der Waals surface area contributed by atoms with E-state index in [1.807, 2.05) is 25.1 Å². The molecule has 4 rings (SSSR count). The molecule has 8 heteroatoms. The van der Waals surface area contributed by atoms with Crippen molar-refractivity contribution in [1.82, 2.24) is 9.97 Å². The standard InChI is InChI=1S/C25H21F3N2O3/c1-15-16(7-10-20(30-15)17-5-8-19(9-6-17)25(26,27)28)11-12-33-22-4-2-3-21-24(22)18(14-29-21)13-23(31)32/h2-10,14,29H,11-13H2,1H3,(H,31,32). The SMILES string of the molecule is Cc1nc(-c2ccc(C(F)(F)F)cc2)ccc1CCOc1cccc2[nH]cc(CC(=O)O)c12. The van der Waals surface area contributed by atoms with Crippen LogP contribution in [-0.4, -0.2) is 27.7 Å². The number of ether oxygens (including phenoxy) is 1. The van der Waals surface area contributed by atoms with Crippen molar-refractivity contribution in [3.05, 3.63) is 83.2 Å². The number of carboxylic acids is 1. The van der Waals surface area contributed by atoms with Gasteiger partial charge in [-0.05, 0) is 48.4 Å². The first kappa shape index (κ1) is 22.4. The molecule has 33 heavy (non-hydrogen) atoms. The van der Waals surface area contributed by atoms with E-state index in [0.29, 0.717) is 35.6 Å². The Morgan fingerprint density at radius 1 is 1.06 bits per heavy atom. The van der Waals surface area contributed by atoms with E-state index in [0.717, 1.165) is 34.3 Å². The highest BCUT2D eigenvalue weighted by Gasteiger charge is 2.30. The van der Waals surface area contributed by atoms with Crippen molar-refractivity contribution < 1.29 is 27.8 Å². The van der Waals surface area contributed by atoms with Crippen LogP contribution in [0.1, 0.15) is 22.4 Å². The lowest BCUT2D eigenvalue weighted by molar-refractivity contribution is -0.138. The fourth-order valence-electron chi connectivity index (χ4n) is 3.76. The lowest BCUT2D eigenvalue weighted by Gasteiger charge is -2.11. The number of aliphatic carboxylic acids is 1. The van der Waals surface area contributed by atoms with E-state index in [9.17, 15) is 18.0 Å². The maximum atomic E-state index is 12.8. The highest BCUT2D eigenvalue weighted by atomic mass is 19.4. The number of aromatic amines is 1. The van der Waals surface area contributed by atoms with Crippen molar-refractivity contribution in [2.75, 3.05) is 6.61 Å². The number of pyridine rings is 1. The summed E-state index contributed by atoms with van der Waals surface area (Å²) in [6, 6.07) is 14.1. The van der Waals surface area contributed by atoms with Gasteiger partial charge < -0.3 is 14.8 Å². The average Bonchev–Trinajstić information content (AvgIpc) is 3.17. The van der Waals surface area contributed by atoms with Crippen molar-refractivity contribution in [1.29, 1.82) is 0 Å². The summed E-state index contributed by atoms with van der Waals surface area (Å²) in [5.41, 5.74) is 3.70. The van der Waals surface area contributed by atoms with E-state index in [-0.39, 0.29) is 6.42 Å². The third-order valence-corrected chi connectivity index (χ3v) is 5.42. The average molecular weight is 454 g/mol. The second-order valence-electron chi connectivity index (χ2n) is 7.68. The first-order valence-corrected chi connectivity index (χ1v) is 10.3. The van der Waals surface area contributed by atoms with Gasteiger partial charge in [0.15, 0.2) is 0 Å². The van der Waals surface area contributed by atoms with Crippen LogP contribution >= 0.6 is 0 Å². The van der Waals surface area contributed by atoms with Crippen molar-refractivity contribution in [2.45, 2.75) is 25.9 Å². The minimum absolute atomic E-state index is 0.102. The molecule has 0 aliphatic heterocycles. The number of carbonyl (C=O) groups is 1. The van der Waals surface area contributed by atoms with E-state index in [1.165, 1.54) is 12.1 Å². The van der Waals surface area contributed by atoms with E-state index < -0.39 is 17.7 Å². The van der Waals surface area contributed by atoms with Crippen LogP contribution in [0.25, 0.3) is 22.2 Å². The number of hydrogen-bond acceptors (Lipinski definition) is 3. The Hall–Kier alpha value is -3.81. The van der Waals surface area contributed by atoms with Crippen LogP contribution < -0.4 is 4.74 Å². The molecule has 170 valence electrons. The molecular formula is C25H21F3N2O3. The third-order valence-electron chi connectivity index (χ3n) is 5.42. The highest BCUT2D eigenvalue weighted by molar-refractivity contribution is 5.91. The minimum atomic E-state index is -4.37. The topological polar surface area (TPSA) is 75.2 Å². The number of alkyl halides is 3. The number of H-pyrrole nitrogens is 1. The first-order valence-electron chi connectivity index (χ1n) is 10.3. The number of rotatable bonds is 7. The van der Waals surface area contributed by atoms with Crippen molar-refractivity contribution in [2.24, 2.45) is 0 Å². The van der Waals surface area contributed by atoms with Crippen LogP contribution in [0.3, 0.4) is 0 Å². The van der Waals surface area contributed by atoms with Crippen LogP contribution in [0, 0.1) is 6.92 Å². The molecule has 5 nitrogen and oxygen atoms in total. The van der Waals surface area contributed by atoms with Gasteiger partial charge >= 0.3 is 12.1 Å². The van der Waals surface area contributed by atoms with Crippen LogP contribution in [-0.2, 0) is 23.8 Å². The molecule has 0 bridgehead atoms. The second-order valence-corrected chi connectivity index (χ2v) is 7.68. The fourth-order valence-corrected chi connectivity index (χ4v) is 3.76. The van der Waals surface area contributed by atoms with Gasteiger partial charge in [-0.3, -0.25) is 9.78 Å². The Kier molecular flexibility index (Phi) is 6.09. The van der Waals surface area contributed by atoms with E-state index in [1.54, 1.807) is 18.3 Å². The Morgan fingerprint density at radius 2 is 1.82 bits per heavy atom. The van der Waals surface area contributed by atoms with Gasteiger partial charge in [0, 0.05) is 34.8 Å². The molecule has 0 aliphatic rings. The molecule has 0 fully saturated rings. The highest BCUT2D eigenvalue weighted by Crippen LogP contribution is 2.31. The number of nitrogens with zero attached hydrogens (tertiary/aromatic N) is 1. The zero-order valence-electron chi connectivity index (χ0n) is 17.7. The monoisotopic (exact) mass is 454 g/mol. The van der Waals surface area contributed by atoms with Crippen molar-refractivity contribution >= 4 is 16.9 Å². The van der Waals surface area contributed by atoms with Crippen LogP contribution in [0.15, 0.2) is 60.8 Å². The van der Waals surface area contributed by atoms with Gasteiger partial charge in [-0.25, -0.2) is 0 Å². The molecule has 2 aromatic carbocycles. The number of halogens is 3. The molecule has 0 amide bonds. The molecule has 0 unspecified atom stereocenters. The summed E-state index contributed by atoms with van der Waals surface area (Å²) in [5.74, 6) is -0.308. The Labute approximate surface area is 187 Å². The van der Waals surface area contributed by atoms with Gasteiger partial charge in [-0.2, -0.15) is 13.2 Å². The molecule has 4 aromatic rings. The number of nitrogens with one attached hydrogen (secondary N) is 1. The van der Waals surface area contributed by atoms with Gasteiger partial charge in [0.05, 0.1) is 24.3 Å². The van der Waals surface area contributed by atoms with E-state index in [4.69, 9.17) is 9.84 Å². The van der Waals surface area contributed by atoms with Crippen molar-refractivity contribution in [3.63, 3.8) is 0 Å². The number of fused-ring (bicyclic) bond motifs is 1. The Morgan fingerprint density at radius 3 is 2.48 bits per heavy atom. The van der Waals surface area contributed by atoms with Crippen molar-refractivity contribution in [3.8, 4) is 17.0 Å². The molecule has 0 aliphatic carbocycles.